The molecule has 0 saturated heterocycles. The van der Waals surface area contributed by atoms with Gasteiger partial charge in [-0.25, -0.2) is 8.42 Å². The molecule has 0 aliphatic rings. The molecule has 0 bridgehead atoms. The molecule has 1 N–H and O–H groups in total. The number of aliphatic hydroxyl groups excluding tert-OH is 1. The van der Waals surface area contributed by atoms with Gasteiger partial charge in [0.05, 0.1) is 11.5 Å². The van der Waals surface area contributed by atoms with Gasteiger partial charge in [0.25, 0.3) is 0 Å². The largest absolute Gasteiger partial charge is 0.493 e. The van der Waals surface area contributed by atoms with Gasteiger partial charge in [0.15, 0.2) is 9.84 Å². The van der Waals surface area contributed by atoms with Crippen LogP contribution >= 0.6 is 0 Å². The highest BCUT2D eigenvalue weighted by Gasteiger charge is 2.25. The van der Waals surface area contributed by atoms with Crippen LogP contribution in [0, 0.1) is 0 Å². The van der Waals surface area contributed by atoms with Gasteiger partial charge in [-0.15, -0.1) is 0 Å². The molecular formula is C18H22O7S2. The van der Waals surface area contributed by atoms with Crippen molar-refractivity contribution in [2.24, 2.45) is 0 Å². The zero-order valence-electron chi connectivity index (χ0n) is 15.1. The molecule has 2 rings (SSSR count). The summed E-state index contributed by atoms with van der Waals surface area (Å²) in [5.74, 6) is 0.432. The molecule has 0 spiro atoms. The fourth-order valence-electron chi connectivity index (χ4n) is 2.36. The van der Waals surface area contributed by atoms with E-state index in [9.17, 15) is 16.8 Å². The molecule has 0 saturated carbocycles. The zero-order chi connectivity index (χ0) is 20.1. The van der Waals surface area contributed by atoms with Gasteiger partial charge in [-0.1, -0.05) is 19.1 Å². The van der Waals surface area contributed by atoms with Crippen molar-refractivity contribution in [3.8, 4) is 11.5 Å². The molecule has 148 valence electrons. The Hall–Kier alpha value is -2.10. The Morgan fingerprint density at radius 1 is 0.963 bits per heavy atom. The van der Waals surface area contributed by atoms with Crippen molar-refractivity contribution in [3.63, 3.8) is 0 Å². The van der Waals surface area contributed by atoms with E-state index in [0.29, 0.717) is 18.6 Å². The van der Waals surface area contributed by atoms with Crippen LogP contribution in [-0.2, 0) is 26.4 Å². The molecule has 0 amide bonds. The van der Waals surface area contributed by atoms with E-state index in [4.69, 9.17) is 14.0 Å². The lowest BCUT2D eigenvalue weighted by atomic mass is 10.1. The van der Waals surface area contributed by atoms with Crippen LogP contribution in [0.25, 0.3) is 0 Å². The Morgan fingerprint density at radius 3 is 2.19 bits per heavy atom. The van der Waals surface area contributed by atoms with Gasteiger partial charge in [-0.2, -0.15) is 8.42 Å². The van der Waals surface area contributed by atoms with Gasteiger partial charge in [0.1, 0.15) is 16.4 Å². The number of hydrogen-bond donors (Lipinski definition) is 1. The van der Waals surface area contributed by atoms with Gasteiger partial charge in [0, 0.05) is 25.3 Å². The first-order chi connectivity index (χ1) is 12.7. The van der Waals surface area contributed by atoms with Crippen LogP contribution < -0.4 is 8.92 Å². The predicted molar refractivity (Wildman–Crippen MR) is 100 cm³/mol. The van der Waals surface area contributed by atoms with E-state index < -0.39 is 24.9 Å². The molecule has 27 heavy (non-hydrogen) atoms. The van der Waals surface area contributed by atoms with E-state index in [2.05, 4.69) is 0 Å². The van der Waals surface area contributed by atoms with Crippen LogP contribution in [0.3, 0.4) is 0 Å². The summed E-state index contributed by atoms with van der Waals surface area (Å²) in [6.45, 7) is 2.14. The fraction of sp³-hybridized carbons (Fsp3) is 0.333. The molecule has 0 heterocycles. The van der Waals surface area contributed by atoms with E-state index in [0.717, 1.165) is 11.8 Å². The minimum atomic E-state index is -4.37. The molecule has 2 aromatic rings. The van der Waals surface area contributed by atoms with Crippen molar-refractivity contribution >= 4 is 20.0 Å². The molecule has 0 aliphatic carbocycles. The van der Waals surface area contributed by atoms with Crippen molar-refractivity contribution in [1.82, 2.24) is 0 Å². The van der Waals surface area contributed by atoms with Crippen molar-refractivity contribution in [2.75, 3.05) is 19.5 Å². The van der Waals surface area contributed by atoms with Crippen LogP contribution in [0.2, 0.25) is 0 Å². The second-order valence-electron chi connectivity index (χ2n) is 5.85. The quantitative estimate of drug-likeness (QED) is 0.495. The Labute approximate surface area is 159 Å². The maximum atomic E-state index is 12.7. The standard InChI is InChI=1S/C18H22O7S2/c1-3-14-11-15(24-10-6-9-19)13-16(12-14)25-27(22,23)18-8-5-4-7-17(18)26(2,20)21/h4-5,7-8,11-13,19H,3,6,9-10H2,1-2H3. The Kier molecular flexibility index (Phi) is 6.85. The van der Waals surface area contributed by atoms with E-state index in [1.54, 1.807) is 12.1 Å². The zero-order valence-corrected chi connectivity index (χ0v) is 16.7. The third-order valence-electron chi connectivity index (χ3n) is 3.64. The predicted octanol–water partition coefficient (Wildman–Crippen LogP) is 2.18. The van der Waals surface area contributed by atoms with Gasteiger partial charge in [-0.3, -0.25) is 0 Å². The Bertz CT molecular complexity index is 996. The highest BCUT2D eigenvalue weighted by Crippen LogP contribution is 2.28. The third kappa shape index (κ3) is 5.69. The number of sulfone groups is 1. The molecule has 0 aromatic heterocycles. The molecule has 0 fully saturated rings. The lowest BCUT2D eigenvalue weighted by Gasteiger charge is -2.13. The maximum Gasteiger partial charge on any atom is 0.340 e. The van der Waals surface area contributed by atoms with Crippen LogP contribution in [0.1, 0.15) is 18.9 Å². The lowest BCUT2D eigenvalue weighted by molar-refractivity contribution is 0.233. The summed E-state index contributed by atoms with van der Waals surface area (Å²) in [6.07, 6.45) is 1.99. The SMILES string of the molecule is CCc1cc(OCCCO)cc(OS(=O)(=O)c2ccccc2S(C)(=O)=O)c1. The van der Waals surface area contributed by atoms with E-state index >= 15 is 0 Å². The second-order valence-corrected chi connectivity index (χ2v) is 9.35. The molecule has 7 nitrogen and oxygen atoms in total. The van der Waals surface area contributed by atoms with E-state index in [-0.39, 0.29) is 23.9 Å². The number of aryl methyl sites for hydroxylation is 1. The van der Waals surface area contributed by atoms with Gasteiger partial charge >= 0.3 is 10.1 Å². The van der Waals surface area contributed by atoms with Crippen molar-refractivity contribution in [1.29, 1.82) is 0 Å². The summed E-state index contributed by atoms with van der Waals surface area (Å²) in [5.41, 5.74) is 0.790. The summed E-state index contributed by atoms with van der Waals surface area (Å²) < 4.78 is 59.8. The average molecular weight is 415 g/mol. The Balaban J connectivity index is 2.40. The van der Waals surface area contributed by atoms with Gasteiger partial charge < -0.3 is 14.0 Å². The minimum Gasteiger partial charge on any atom is -0.493 e. The smallest absolute Gasteiger partial charge is 0.340 e. The van der Waals surface area contributed by atoms with Crippen LogP contribution in [0.4, 0.5) is 0 Å². The van der Waals surface area contributed by atoms with E-state index in [1.807, 2.05) is 6.92 Å². The molecule has 0 aliphatic heterocycles. The normalized spacial score (nSPS) is 12.0. The molecule has 0 atom stereocenters. The summed E-state index contributed by atoms with van der Waals surface area (Å²) in [4.78, 5) is -0.742. The molecule has 0 radical (unpaired) electrons. The second kappa shape index (κ2) is 8.73. The first-order valence-electron chi connectivity index (χ1n) is 8.28. The first-order valence-corrected chi connectivity index (χ1v) is 11.6. The molecule has 9 heteroatoms. The topological polar surface area (TPSA) is 107 Å². The number of rotatable bonds is 9. The van der Waals surface area contributed by atoms with Crippen molar-refractivity contribution in [3.05, 3.63) is 48.0 Å². The number of ether oxygens (including phenoxy) is 1. The van der Waals surface area contributed by atoms with Crippen molar-refractivity contribution in [2.45, 2.75) is 29.6 Å². The monoisotopic (exact) mass is 414 g/mol. The van der Waals surface area contributed by atoms with Crippen LogP contribution in [0.5, 0.6) is 11.5 Å². The van der Waals surface area contributed by atoms with Crippen LogP contribution in [-0.4, -0.2) is 41.4 Å². The number of aliphatic hydroxyl groups is 1. The fourth-order valence-corrected chi connectivity index (χ4v) is 4.87. The Morgan fingerprint density at radius 2 is 1.59 bits per heavy atom. The lowest BCUT2D eigenvalue weighted by Crippen LogP contribution is -2.14. The number of benzene rings is 2. The van der Waals surface area contributed by atoms with Crippen molar-refractivity contribution < 1.29 is 30.9 Å². The first kappa shape index (κ1) is 21.2. The number of hydrogen-bond acceptors (Lipinski definition) is 7. The summed E-state index contributed by atoms with van der Waals surface area (Å²) in [5, 5.41) is 8.84. The highest BCUT2D eigenvalue weighted by atomic mass is 32.2. The van der Waals surface area contributed by atoms with E-state index in [1.165, 1.54) is 30.3 Å². The minimum absolute atomic E-state index is 0.0204. The summed E-state index contributed by atoms with van der Waals surface area (Å²) in [6, 6.07) is 10.0. The van der Waals surface area contributed by atoms with Gasteiger partial charge in [-0.05, 0) is 36.2 Å². The molecular weight excluding hydrogens is 392 g/mol. The summed E-state index contributed by atoms with van der Waals surface area (Å²) in [7, 11) is -8.12. The summed E-state index contributed by atoms with van der Waals surface area (Å²) >= 11 is 0. The maximum absolute atomic E-state index is 12.7. The third-order valence-corrected chi connectivity index (χ3v) is 6.23. The van der Waals surface area contributed by atoms with Gasteiger partial charge in [0.2, 0.25) is 0 Å². The highest BCUT2D eigenvalue weighted by molar-refractivity contribution is 7.92. The molecule has 2 aromatic carbocycles. The average Bonchev–Trinajstić information content (AvgIpc) is 2.60. The van der Waals surface area contributed by atoms with Crippen LogP contribution in [0.15, 0.2) is 52.3 Å². The molecule has 0 unspecified atom stereocenters.